The highest BCUT2D eigenvalue weighted by Crippen LogP contribution is 2.38. The normalized spacial score (nSPS) is 10.9. The Balaban J connectivity index is 2.23. The van der Waals surface area contributed by atoms with Crippen molar-refractivity contribution < 1.29 is 19.0 Å². The second-order valence-electron chi connectivity index (χ2n) is 6.34. The van der Waals surface area contributed by atoms with Crippen molar-refractivity contribution in [1.82, 2.24) is 4.90 Å². The Morgan fingerprint density at radius 2 is 1.59 bits per heavy atom. The number of nitrogens with zero attached hydrogens (tertiary/aromatic N) is 1. The average Bonchev–Trinajstić information content (AvgIpc) is 2.69. The molecule has 0 aliphatic carbocycles. The summed E-state index contributed by atoms with van der Waals surface area (Å²) in [6, 6.07) is 13.7. The van der Waals surface area contributed by atoms with Gasteiger partial charge in [0, 0.05) is 18.7 Å². The summed E-state index contributed by atoms with van der Waals surface area (Å²) < 4.78 is 16.0. The Morgan fingerprint density at radius 3 is 2.07 bits per heavy atom. The molecule has 5 heteroatoms. The molecule has 0 aromatic heterocycles. The lowest BCUT2D eigenvalue weighted by atomic mass is 10.1. The first-order chi connectivity index (χ1) is 13.0. The molecule has 0 aliphatic rings. The number of rotatable bonds is 8. The van der Waals surface area contributed by atoms with Gasteiger partial charge in [-0.3, -0.25) is 4.79 Å². The standard InChI is InChI=1S/C22H27NO4/c1-16(2)23(15-17-9-7-6-8-10-17)21(24)12-11-18-13-19(25-3)22(27-5)20(14-18)26-4/h6-14,16H,15H2,1-5H3. The summed E-state index contributed by atoms with van der Waals surface area (Å²) >= 11 is 0. The van der Waals surface area contributed by atoms with Gasteiger partial charge in [0.05, 0.1) is 21.3 Å². The predicted molar refractivity (Wildman–Crippen MR) is 107 cm³/mol. The number of methoxy groups -OCH3 is 3. The van der Waals surface area contributed by atoms with Crippen molar-refractivity contribution >= 4 is 12.0 Å². The van der Waals surface area contributed by atoms with Crippen molar-refractivity contribution in [3.8, 4) is 17.2 Å². The van der Waals surface area contributed by atoms with Crippen molar-refractivity contribution in [3.05, 3.63) is 59.7 Å². The van der Waals surface area contributed by atoms with Gasteiger partial charge >= 0.3 is 0 Å². The highest BCUT2D eigenvalue weighted by atomic mass is 16.5. The lowest BCUT2D eigenvalue weighted by Crippen LogP contribution is -2.35. The Labute approximate surface area is 161 Å². The third-order valence-electron chi connectivity index (χ3n) is 4.21. The van der Waals surface area contributed by atoms with Crippen LogP contribution in [0.15, 0.2) is 48.5 Å². The zero-order chi connectivity index (χ0) is 19.8. The van der Waals surface area contributed by atoms with Gasteiger partial charge in [-0.1, -0.05) is 30.3 Å². The second-order valence-corrected chi connectivity index (χ2v) is 6.34. The molecule has 2 rings (SSSR count). The first kappa shape index (κ1) is 20.4. The Kier molecular flexibility index (Phi) is 7.29. The molecule has 27 heavy (non-hydrogen) atoms. The van der Waals surface area contributed by atoms with E-state index < -0.39 is 0 Å². The summed E-state index contributed by atoms with van der Waals surface area (Å²) in [6.45, 7) is 4.58. The minimum atomic E-state index is -0.0531. The lowest BCUT2D eigenvalue weighted by Gasteiger charge is -2.25. The van der Waals surface area contributed by atoms with E-state index in [1.54, 1.807) is 33.5 Å². The summed E-state index contributed by atoms with van der Waals surface area (Å²) in [6.07, 6.45) is 3.33. The fourth-order valence-electron chi connectivity index (χ4n) is 2.76. The molecule has 2 aromatic carbocycles. The Bertz CT molecular complexity index is 759. The van der Waals surface area contributed by atoms with Crippen molar-refractivity contribution in [2.24, 2.45) is 0 Å². The summed E-state index contributed by atoms with van der Waals surface area (Å²) in [7, 11) is 4.69. The molecule has 0 heterocycles. The number of hydrogen-bond donors (Lipinski definition) is 0. The fourth-order valence-corrected chi connectivity index (χ4v) is 2.76. The van der Waals surface area contributed by atoms with E-state index in [-0.39, 0.29) is 11.9 Å². The van der Waals surface area contributed by atoms with Crippen LogP contribution in [-0.2, 0) is 11.3 Å². The maximum absolute atomic E-state index is 12.7. The van der Waals surface area contributed by atoms with E-state index in [2.05, 4.69) is 0 Å². The molecule has 0 spiro atoms. The highest BCUT2D eigenvalue weighted by Gasteiger charge is 2.16. The van der Waals surface area contributed by atoms with Crippen LogP contribution in [0.2, 0.25) is 0 Å². The first-order valence-electron chi connectivity index (χ1n) is 8.82. The lowest BCUT2D eigenvalue weighted by molar-refractivity contribution is -0.128. The van der Waals surface area contributed by atoms with Gasteiger partial charge in [0.25, 0.3) is 0 Å². The van der Waals surface area contributed by atoms with Crippen LogP contribution < -0.4 is 14.2 Å². The van der Waals surface area contributed by atoms with Gasteiger partial charge in [-0.25, -0.2) is 0 Å². The van der Waals surface area contributed by atoms with E-state index in [0.29, 0.717) is 23.8 Å². The summed E-state index contributed by atoms with van der Waals surface area (Å²) in [5.74, 6) is 1.57. The fraction of sp³-hybridized carbons (Fsp3) is 0.318. The number of carbonyl (C=O) groups is 1. The van der Waals surface area contributed by atoms with Crippen LogP contribution in [0.3, 0.4) is 0 Å². The van der Waals surface area contributed by atoms with Gasteiger partial charge in [-0.15, -0.1) is 0 Å². The van der Waals surface area contributed by atoms with Crippen LogP contribution in [-0.4, -0.2) is 38.2 Å². The van der Waals surface area contributed by atoms with Crippen LogP contribution >= 0.6 is 0 Å². The van der Waals surface area contributed by atoms with Crippen LogP contribution in [0.5, 0.6) is 17.2 Å². The van der Waals surface area contributed by atoms with Crippen LogP contribution in [0.25, 0.3) is 6.08 Å². The number of benzene rings is 2. The maximum Gasteiger partial charge on any atom is 0.247 e. The summed E-state index contributed by atoms with van der Waals surface area (Å²) in [5.41, 5.74) is 1.89. The molecule has 0 saturated heterocycles. The molecule has 144 valence electrons. The van der Waals surface area contributed by atoms with Gasteiger partial charge in [0.2, 0.25) is 11.7 Å². The van der Waals surface area contributed by atoms with E-state index in [0.717, 1.165) is 11.1 Å². The minimum absolute atomic E-state index is 0.0531. The molecule has 0 atom stereocenters. The van der Waals surface area contributed by atoms with Crippen LogP contribution in [0, 0.1) is 0 Å². The SMILES string of the molecule is COc1cc(C=CC(=O)N(Cc2ccccc2)C(C)C)cc(OC)c1OC. The van der Waals surface area contributed by atoms with E-state index in [1.165, 1.54) is 0 Å². The molecular formula is C22H27NO4. The molecule has 0 fully saturated rings. The molecule has 0 saturated carbocycles. The van der Waals surface area contributed by atoms with Crippen LogP contribution in [0.1, 0.15) is 25.0 Å². The van der Waals surface area contributed by atoms with Gasteiger partial charge in [-0.2, -0.15) is 0 Å². The highest BCUT2D eigenvalue weighted by molar-refractivity contribution is 5.92. The largest absolute Gasteiger partial charge is 0.493 e. The zero-order valence-corrected chi connectivity index (χ0v) is 16.6. The topological polar surface area (TPSA) is 48.0 Å². The maximum atomic E-state index is 12.7. The second kappa shape index (κ2) is 9.67. The molecule has 2 aromatic rings. The molecular weight excluding hydrogens is 342 g/mol. The van der Waals surface area contributed by atoms with E-state index in [1.807, 2.05) is 61.2 Å². The molecule has 1 amide bonds. The predicted octanol–water partition coefficient (Wildman–Crippen LogP) is 4.16. The van der Waals surface area contributed by atoms with Gasteiger partial charge in [0.15, 0.2) is 11.5 Å². The van der Waals surface area contributed by atoms with Gasteiger partial charge in [0.1, 0.15) is 0 Å². The van der Waals surface area contributed by atoms with Gasteiger partial charge < -0.3 is 19.1 Å². The quantitative estimate of drug-likeness (QED) is 0.656. The molecule has 5 nitrogen and oxygen atoms in total. The van der Waals surface area contributed by atoms with Gasteiger partial charge in [-0.05, 0) is 43.2 Å². The summed E-state index contributed by atoms with van der Waals surface area (Å²) in [4.78, 5) is 14.6. The third kappa shape index (κ3) is 5.26. The number of ether oxygens (including phenoxy) is 3. The van der Waals surface area contributed by atoms with E-state index in [9.17, 15) is 4.79 Å². The summed E-state index contributed by atoms with van der Waals surface area (Å²) in [5, 5.41) is 0. The third-order valence-corrected chi connectivity index (χ3v) is 4.21. The van der Waals surface area contributed by atoms with Crippen molar-refractivity contribution in [2.45, 2.75) is 26.4 Å². The van der Waals surface area contributed by atoms with E-state index >= 15 is 0 Å². The zero-order valence-electron chi connectivity index (χ0n) is 16.6. The average molecular weight is 369 g/mol. The number of carbonyl (C=O) groups excluding carboxylic acids is 1. The van der Waals surface area contributed by atoms with Crippen LogP contribution in [0.4, 0.5) is 0 Å². The smallest absolute Gasteiger partial charge is 0.247 e. The molecule has 0 unspecified atom stereocenters. The molecule has 0 aliphatic heterocycles. The first-order valence-corrected chi connectivity index (χ1v) is 8.82. The van der Waals surface area contributed by atoms with Crippen molar-refractivity contribution in [2.75, 3.05) is 21.3 Å². The molecule has 0 bridgehead atoms. The Hall–Kier alpha value is -2.95. The number of hydrogen-bond acceptors (Lipinski definition) is 4. The monoisotopic (exact) mass is 369 g/mol. The van der Waals surface area contributed by atoms with E-state index in [4.69, 9.17) is 14.2 Å². The number of amides is 1. The van der Waals surface area contributed by atoms with Crippen molar-refractivity contribution in [1.29, 1.82) is 0 Å². The molecule has 0 radical (unpaired) electrons. The Morgan fingerprint density at radius 1 is 1.00 bits per heavy atom. The minimum Gasteiger partial charge on any atom is -0.493 e. The van der Waals surface area contributed by atoms with Crippen molar-refractivity contribution in [3.63, 3.8) is 0 Å². The molecule has 0 N–H and O–H groups in total.